The molecule has 0 spiro atoms. The molecule has 1 N–H and O–H groups in total. The SMILES string of the molecule is C=C1CC[C@H](C(C)C)[C@@H]2[C@H]1[C@H]1CC(=C)[C@@H](O)CC[C@@](C)(OC(=O)CCC)[C@@H]2O1. The highest BCUT2D eigenvalue weighted by molar-refractivity contribution is 5.69. The van der Waals surface area contributed by atoms with Crippen molar-refractivity contribution in [3.05, 3.63) is 24.3 Å². The Balaban J connectivity index is 2.02. The summed E-state index contributed by atoms with van der Waals surface area (Å²) in [4.78, 5) is 12.5. The van der Waals surface area contributed by atoms with Gasteiger partial charge in [0.25, 0.3) is 0 Å². The van der Waals surface area contributed by atoms with Gasteiger partial charge in [-0.15, -0.1) is 0 Å². The van der Waals surface area contributed by atoms with Gasteiger partial charge in [-0.05, 0) is 62.9 Å². The van der Waals surface area contributed by atoms with Gasteiger partial charge in [-0.2, -0.15) is 0 Å². The molecule has 0 radical (unpaired) electrons. The van der Waals surface area contributed by atoms with Crippen LogP contribution in [0.25, 0.3) is 0 Å². The molecular formula is C24H38O4. The van der Waals surface area contributed by atoms with Crippen molar-refractivity contribution in [1.29, 1.82) is 0 Å². The molecule has 0 unspecified atom stereocenters. The van der Waals surface area contributed by atoms with Gasteiger partial charge in [0.1, 0.15) is 11.7 Å². The maximum atomic E-state index is 12.5. The fourth-order valence-electron chi connectivity index (χ4n) is 5.83. The minimum absolute atomic E-state index is 0.0338. The van der Waals surface area contributed by atoms with Gasteiger partial charge >= 0.3 is 5.97 Å². The van der Waals surface area contributed by atoms with Crippen molar-refractivity contribution in [3.8, 4) is 0 Å². The van der Waals surface area contributed by atoms with E-state index in [0.717, 1.165) is 24.8 Å². The third-order valence-electron chi connectivity index (χ3n) is 7.36. The van der Waals surface area contributed by atoms with E-state index in [1.54, 1.807) is 0 Å². The van der Waals surface area contributed by atoms with Gasteiger partial charge < -0.3 is 14.6 Å². The lowest BCUT2D eigenvalue weighted by molar-refractivity contribution is -0.181. The number of esters is 1. The highest BCUT2D eigenvalue weighted by Gasteiger charge is 2.58. The van der Waals surface area contributed by atoms with E-state index < -0.39 is 11.7 Å². The number of hydrogen-bond donors (Lipinski definition) is 1. The zero-order valence-electron chi connectivity index (χ0n) is 18.1. The normalized spacial score (nSPS) is 41.2. The van der Waals surface area contributed by atoms with Crippen molar-refractivity contribution in [2.24, 2.45) is 23.7 Å². The molecule has 0 amide bonds. The number of ether oxygens (including phenoxy) is 2. The Morgan fingerprint density at radius 3 is 2.68 bits per heavy atom. The molecule has 3 aliphatic rings. The first-order valence-electron chi connectivity index (χ1n) is 11.1. The number of aliphatic hydroxyl groups excluding tert-OH is 1. The molecule has 0 aromatic heterocycles. The molecule has 0 aromatic carbocycles. The quantitative estimate of drug-likeness (QED) is 0.553. The molecule has 158 valence electrons. The van der Waals surface area contributed by atoms with Crippen LogP contribution >= 0.6 is 0 Å². The molecule has 3 fully saturated rings. The van der Waals surface area contributed by atoms with Gasteiger partial charge in [0, 0.05) is 18.3 Å². The molecule has 4 heteroatoms. The molecule has 3 rings (SSSR count). The zero-order chi connectivity index (χ0) is 20.6. The average Bonchev–Trinajstić information content (AvgIpc) is 3.01. The van der Waals surface area contributed by atoms with Gasteiger partial charge in [0.15, 0.2) is 0 Å². The molecule has 1 saturated carbocycles. The van der Waals surface area contributed by atoms with E-state index in [9.17, 15) is 9.90 Å². The van der Waals surface area contributed by atoms with Gasteiger partial charge in [-0.25, -0.2) is 0 Å². The second kappa shape index (κ2) is 8.31. The number of rotatable bonds is 4. The smallest absolute Gasteiger partial charge is 0.306 e. The predicted octanol–water partition coefficient (Wildman–Crippen LogP) is 4.81. The van der Waals surface area contributed by atoms with Gasteiger partial charge in [-0.3, -0.25) is 4.79 Å². The van der Waals surface area contributed by atoms with Crippen molar-refractivity contribution in [2.45, 2.75) is 96.6 Å². The van der Waals surface area contributed by atoms with Crippen LogP contribution in [0.4, 0.5) is 0 Å². The Hall–Kier alpha value is -1.13. The number of aliphatic hydroxyl groups is 1. The van der Waals surface area contributed by atoms with Gasteiger partial charge in [-0.1, -0.05) is 39.5 Å². The monoisotopic (exact) mass is 390 g/mol. The van der Waals surface area contributed by atoms with Crippen LogP contribution in [-0.4, -0.2) is 35.0 Å². The fourth-order valence-corrected chi connectivity index (χ4v) is 5.83. The van der Waals surface area contributed by atoms with Gasteiger partial charge in [0.05, 0.1) is 12.2 Å². The van der Waals surface area contributed by atoms with E-state index in [4.69, 9.17) is 9.47 Å². The Morgan fingerprint density at radius 2 is 2.04 bits per heavy atom. The molecule has 2 bridgehead atoms. The molecule has 7 atom stereocenters. The fraction of sp³-hybridized carbons (Fsp3) is 0.792. The Morgan fingerprint density at radius 1 is 1.32 bits per heavy atom. The molecular weight excluding hydrogens is 352 g/mol. The Kier molecular flexibility index (Phi) is 6.41. The summed E-state index contributed by atoms with van der Waals surface area (Å²) in [6.45, 7) is 17.1. The average molecular weight is 391 g/mol. The summed E-state index contributed by atoms with van der Waals surface area (Å²) < 4.78 is 12.8. The van der Waals surface area contributed by atoms with Gasteiger partial charge in [0.2, 0.25) is 0 Å². The lowest BCUT2D eigenvalue weighted by Gasteiger charge is -2.45. The summed E-state index contributed by atoms with van der Waals surface area (Å²) in [6, 6.07) is 0. The van der Waals surface area contributed by atoms with Crippen LogP contribution in [0.3, 0.4) is 0 Å². The maximum Gasteiger partial charge on any atom is 0.306 e. The molecule has 28 heavy (non-hydrogen) atoms. The van der Waals surface area contributed by atoms with Crippen LogP contribution in [0.15, 0.2) is 24.3 Å². The summed E-state index contributed by atoms with van der Waals surface area (Å²) in [5.74, 6) is 1.44. The van der Waals surface area contributed by atoms with Crippen molar-refractivity contribution < 1.29 is 19.4 Å². The highest BCUT2D eigenvalue weighted by atomic mass is 16.6. The van der Waals surface area contributed by atoms with Crippen LogP contribution in [0, 0.1) is 23.7 Å². The number of hydrogen-bond acceptors (Lipinski definition) is 4. The van der Waals surface area contributed by atoms with Crippen LogP contribution < -0.4 is 0 Å². The van der Waals surface area contributed by atoms with Crippen LogP contribution in [0.5, 0.6) is 0 Å². The molecule has 1 aliphatic carbocycles. The van der Waals surface area contributed by atoms with E-state index in [1.165, 1.54) is 5.57 Å². The molecule has 2 saturated heterocycles. The van der Waals surface area contributed by atoms with E-state index in [-0.39, 0.29) is 24.1 Å². The standard InChI is InChI=1S/C24H38O4/c1-7-8-20(26)28-24(6)12-11-18(25)16(5)13-19-21-15(4)9-10-17(14(2)3)22(21)23(24)27-19/h14,17-19,21-23,25H,4-5,7-13H2,1-3,6H3/t17-,18+,19-,21-,22-,23-,24-/m1/s1. The van der Waals surface area contributed by atoms with Crippen LogP contribution in [-0.2, 0) is 14.3 Å². The summed E-state index contributed by atoms with van der Waals surface area (Å²) in [7, 11) is 0. The largest absolute Gasteiger partial charge is 0.457 e. The van der Waals surface area contributed by atoms with Crippen LogP contribution in [0.2, 0.25) is 0 Å². The lowest BCUT2D eigenvalue weighted by atomic mass is 9.61. The number of carbonyl (C=O) groups excluding carboxylic acids is 1. The van der Waals surface area contributed by atoms with Crippen molar-refractivity contribution in [1.82, 2.24) is 0 Å². The minimum atomic E-state index is -0.736. The molecule has 2 heterocycles. The van der Waals surface area contributed by atoms with E-state index >= 15 is 0 Å². The Labute approximate surface area is 170 Å². The minimum Gasteiger partial charge on any atom is -0.457 e. The predicted molar refractivity (Wildman–Crippen MR) is 111 cm³/mol. The lowest BCUT2D eigenvalue weighted by Crippen LogP contribution is -2.51. The Bertz CT molecular complexity index is 624. The van der Waals surface area contributed by atoms with E-state index in [2.05, 4.69) is 27.0 Å². The summed E-state index contributed by atoms with van der Waals surface area (Å²) in [5.41, 5.74) is 1.34. The molecule has 0 aromatic rings. The summed E-state index contributed by atoms with van der Waals surface area (Å²) >= 11 is 0. The first-order chi connectivity index (χ1) is 13.2. The first-order valence-corrected chi connectivity index (χ1v) is 11.1. The first kappa shape index (κ1) is 21.6. The van der Waals surface area contributed by atoms with Crippen LogP contribution in [0.1, 0.15) is 72.6 Å². The van der Waals surface area contributed by atoms with Crippen molar-refractivity contribution >= 4 is 5.97 Å². The zero-order valence-corrected chi connectivity index (χ0v) is 18.1. The number of carbonyl (C=O) groups is 1. The number of fused-ring (bicyclic) bond motifs is 5. The molecule has 2 aliphatic heterocycles. The topological polar surface area (TPSA) is 55.8 Å². The van der Waals surface area contributed by atoms with Crippen molar-refractivity contribution in [3.63, 3.8) is 0 Å². The highest BCUT2D eigenvalue weighted by Crippen LogP contribution is 2.55. The second-order valence-electron chi connectivity index (χ2n) is 9.76. The maximum absolute atomic E-state index is 12.5. The summed E-state index contributed by atoms with van der Waals surface area (Å²) in [5, 5.41) is 10.6. The summed E-state index contributed by atoms with van der Waals surface area (Å²) in [6.07, 6.45) is 4.33. The van der Waals surface area contributed by atoms with E-state index in [0.29, 0.717) is 43.4 Å². The third-order valence-corrected chi connectivity index (χ3v) is 7.36. The van der Waals surface area contributed by atoms with Crippen molar-refractivity contribution in [2.75, 3.05) is 0 Å². The third kappa shape index (κ3) is 3.95. The molecule has 4 nitrogen and oxygen atoms in total. The second-order valence-corrected chi connectivity index (χ2v) is 9.76. The van der Waals surface area contributed by atoms with E-state index in [1.807, 2.05) is 13.8 Å².